The van der Waals surface area contributed by atoms with Gasteiger partial charge in [-0.25, -0.2) is 0 Å². The van der Waals surface area contributed by atoms with Gasteiger partial charge < -0.3 is 4.90 Å². The summed E-state index contributed by atoms with van der Waals surface area (Å²) in [5, 5.41) is 0. The maximum absolute atomic E-state index is 5.75. The van der Waals surface area contributed by atoms with Crippen molar-refractivity contribution in [1.29, 1.82) is 0 Å². The van der Waals surface area contributed by atoms with Crippen molar-refractivity contribution in [2.75, 3.05) is 20.6 Å². The molecule has 1 nitrogen and oxygen atoms in total. The summed E-state index contributed by atoms with van der Waals surface area (Å²) in [7, 11) is 4.04. The molecule has 11 heavy (non-hydrogen) atoms. The first-order valence-electron chi connectivity index (χ1n) is 3.59. The fraction of sp³-hybridized carbons (Fsp3) is 0.750. The molecule has 0 N–H and O–H groups in total. The summed E-state index contributed by atoms with van der Waals surface area (Å²) >= 11 is 11.5. The van der Waals surface area contributed by atoms with Crippen molar-refractivity contribution in [3.8, 4) is 0 Å². The van der Waals surface area contributed by atoms with Crippen molar-refractivity contribution in [3.63, 3.8) is 0 Å². The third kappa shape index (κ3) is 10.3. The van der Waals surface area contributed by atoms with Gasteiger partial charge >= 0.3 is 0 Å². The van der Waals surface area contributed by atoms with Crippen LogP contribution in [0.2, 0.25) is 0 Å². The summed E-state index contributed by atoms with van der Waals surface area (Å²) in [6.45, 7) is 2.72. The third-order valence-corrected chi connectivity index (χ3v) is 1.42. The van der Waals surface area contributed by atoms with E-state index >= 15 is 0 Å². The topological polar surface area (TPSA) is 3.24 Å². The number of nitrogens with zero attached hydrogens (tertiary/aromatic N) is 1. The molecule has 0 radical (unpaired) electrons. The molecule has 0 saturated carbocycles. The lowest BCUT2D eigenvalue weighted by molar-refractivity contribution is 0.456. The van der Waals surface area contributed by atoms with Gasteiger partial charge in [0.2, 0.25) is 0 Å². The Hall–Kier alpha value is 0.280. The second kappa shape index (κ2) is 5.02. The number of hydrogen-bond acceptors (Lipinski definition) is 1. The smallest absolute Gasteiger partial charge is 0.119 e. The molecule has 0 amide bonds. The summed E-state index contributed by atoms with van der Waals surface area (Å²) in [6.07, 6.45) is 4.76. The van der Waals surface area contributed by atoms with E-state index in [4.69, 9.17) is 23.2 Å². The SMILES string of the molecule is CN(C)C/C=C/CC(C)(Cl)Cl. The van der Waals surface area contributed by atoms with Gasteiger partial charge in [-0.3, -0.25) is 0 Å². The minimum Gasteiger partial charge on any atom is -0.306 e. The predicted octanol–water partition coefficient (Wildman–Crippen LogP) is 2.69. The molecule has 0 aromatic carbocycles. The molecule has 0 rings (SSSR count). The maximum Gasteiger partial charge on any atom is 0.119 e. The highest BCUT2D eigenvalue weighted by atomic mass is 35.5. The molecule has 0 atom stereocenters. The summed E-state index contributed by atoms with van der Waals surface area (Å²) in [5.41, 5.74) is 0. The molecule has 0 saturated heterocycles. The second-order valence-electron chi connectivity index (χ2n) is 3.01. The Balaban J connectivity index is 3.46. The standard InChI is InChI=1S/C8H15Cl2N/c1-8(9,10)6-4-5-7-11(2)3/h4-5H,6-7H2,1-3H3/b5-4+. The van der Waals surface area contributed by atoms with Crippen LogP contribution in [0.25, 0.3) is 0 Å². The Bertz CT molecular complexity index is 125. The minimum absolute atomic E-state index is 0.622. The van der Waals surface area contributed by atoms with Crippen LogP contribution < -0.4 is 0 Å². The fourth-order valence-corrected chi connectivity index (χ4v) is 0.754. The van der Waals surface area contributed by atoms with Crippen LogP contribution in [0.3, 0.4) is 0 Å². The number of halogens is 2. The average Bonchev–Trinajstić information content (AvgIpc) is 1.78. The first-order valence-corrected chi connectivity index (χ1v) is 4.35. The Morgan fingerprint density at radius 3 is 2.18 bits per heavy atom. The highest BCUT2D eigenvalue weighted by Crippen LogP contribution is 2.23. The van der Waals surface area contributed by atoms with E-state index in [1.165, 1.54) is 0 Å². The number of likely N-dealkylation sites (N-methyl/N-ethyl adjacent to an activating group) is 1. The lowest BCUT2D eigenvalue weighted by Crippen LogP contribution is -2.11. The van der Waals surface area contributed by atoms with E-state index in [1.54, 1.807) is 6.92 Å². The van der Waals surface area contributed by atoms with Crippen LogP contribution in [0.1, 0.15) is 13.3 Å². The van der Waals surface area contributed by atoms with E-state index in [-0.39, 0.29) is 0 Å². The first kappa shape index (κ1) is 11.3. The van der Waals surface area contributed by atoms with Gasteiger partial charge in [0.1, 0.15) is 4.33 Å². The van der Waals surface area contributed by atoms with Gasteiger partial charge in [0.15, 0.2) is 0 Å². The van der Waals surface area contributed by atoms with Gasteiger partial charge in [0.05, 0.1) is 0 Å². The molecule has 0 aliphatic carbocycles. The molecule has 0 aliphatic heterocycles. The predicted molar refractivity (Wildman–Crippen MR) is 52.4 cm³/mol. The lowest BCUT2D eigenvalue weighted by Gasteiger charge is -2.09. The van der Waals surface area contributed by atoms with Crippen molar-refractivity contribution in [1.82, 2.24) is 4.90 Å². The van der Waals surface area contributed by atoms with E-state index < -0.39 is 4.33 Å². The summed E-state index contributed by atoms with van der Waals surface area (Å²) in [4.78, 5) is 2.08. The van der Waals surface area contributed by atoms with Crippen LogP contribution in [-0.2, 0) is 0 Å². The molecule has 0 aromatic rings. The van der Waals surface area contributed by atoms with Crippen molar-refractivity contribution >= 4 is 23.2 Å². The normalized spacial score (nSPS) is 13.3. The molecule has 0 aromatic heterocycles. The Labute approximate surface area is 79.0 Å². The van der Waals surface area contributed by atoms with Gasteiger partial charge in [-0.2, -0.15) is 0 Å². The zero-order valence-corrected chi connectivity index (χ0v) is 8.78. The number of alkyl halides is 2. The fourth-order valence-electron chi connectivity index (χ4n) is 0.576. The minimum atomic E-state index is -0.622. The second-order valence-corrected chi connectivity index (χ2v) is 4.87. The molecule has 0 heterocycles. The molecule has 0 spiro atoms. The molecular formula is C8H15Cl2N. The lowest BCUT2D eigenvalue weighted by atomic mass is 10.3. The zero-order chi connectivity index (χ0) is 8.91. The highest BCUT2D eigenvalue weighted by Gasteiger charge is 2.12. The van der Waals surface area contributed by atoms with Crippen LogP contribution in [0, 0.1) is 0 Å². The largest absolute Gasteiger partial charge is 0.306 e. The van der Waals surface area contributed by atoms with Crippen LogP contribution >= 0.6 is 23.2 Å². The Kier molecular flexibility index (Phi) is 5.15. The van der Waals surface area contributed by atoms with Crippen molar-refractivity contribution < 1.29 is 0 Å². The first-order chi connectivity index (χ1) is 4.92. The zero-order valence-electron chi connectivity index (χ0n) is 7.27. The number of rotatable bonds is 4. The van der Waals surface area contributed by atoms with Crippen LogP contribution in [-0.4, -0.2) is 29.9 Å². The number of allylic oxidation sites excluding steroid dienone is 1. The molecule has 0 bridgehead atoms. The van der Waals surface area contributed by atoms with Gasteiger partial charge in [0, 0.05) is 6.54 Å². The van der Waals surface area contributed by atoms with Crippen LogP contribution in [0.5, 0.6) is 0 Å². The van der Waals surface area contributed by atoms with Crippen molar-refractivity contribution in [2.45, 2.75) is 17.7 Å². The monoisotopic (exact) mass is 195 g/mol. The molecule has 0 aliphatic rings. The van der Waals surface area contributed by atoms with Gasteiger partial charge in [-0.15, -0.1) is 23.2 Å². The highest BCUT2D eigenvalue weighted by molar-refractivity contribution is 6.48. The maximum atomic E-state index is 5.75. The van der Waals surface area contributed by atoms with E-state index in [9.17, 15) is 0 Å². The summed E-state index contributed by atoms with van der Waals surface area (Å²) in [5.74, 6) is 0. The quantitative estimate of drug-likeness (QED) is 0.493. The average molecular weight is 196 g/mol. The van der Waals surface area contributed by atoms with Gasteiger partial charge in [-0.1, -0.05) is 12.2 Å². The van der Waals surface area contributed by atoms with Crippen molar-refractivity contribution in [3.05, 3.63) is 12.2 Å². The molecular weight excluding hydrogens is 181 g/mol. The third-order valence-electron chi connectivity index (χ3n) is 1.11. The molecule has 0 unspecified atom stereocenters. The molecule has 66 valence electrons. The van der Waals surface area contributed by atoms with E-state index in [1.807, 2.05) is 20.2 Å². The molecule has 0 fully saturated rings. The van der Waals surface area contributed by atoms with E-state index in [2.05, 4.69) is 11.0 Å². The number of hydrogen-bond donors (Lipinski definition) is 0. The Morgan fingerprint density at radius 1 is 1.27 bits per heavy atom. The molecule has 3 heteroatoms. The van der Waals surface area contributed by atoms with Gasteiger partial charge in [-0.05, 0) is 27.4 Å². The van der Waals surface area contributed by atoms with E-state index in [0.717, 1.165) is 6.54 Å². The van der Waals surface area contributed by atoms with Crippen LogP contribution in [0.4, 0.5) is 0 Å². The summed E-state index contributed by atoms with van der Waals surface area (Å²) < 4.78 is -0.622. The van der Waals surface area contributed by atoms with Gasteiger partial charge in [0.25, 0.3) is 0 Å². The summed E-state index contributed by atoms with van der Waals surface area (Å²) in [6, 6.07) is 0. The Morgan fingerprint density at radius 2 is 1.82 bits per heavy atom. The van der Waals surface area contributed by atoms with Crippen LogP contribution in [0.15, 0.2) is 12.2 Å². The van der Waals surface area contributed by atoms with E-state index in [0.29, 0.717) is 6.42 Å². The van der Waals surface area contributed by atoms with Crippen molar-refractivity contribution in [2.24, 2.45) is 0 Å².